The van der Waals surface area contributed by atoms with Crippen molar-refractivity contribution in [2.75, 3.05) is 18.1 Å². The molecular weight excluding hydrogens is 326 g/mol. The number of benzene rings is 1. The van der Waals surface area contributed by atoms with E-state index in [1.807, 2.05) is 18.2 Å². The Morgan fingerprint density at radius 2 is 1.55 bits per heavy atom. The van der Waals surface area contributed by atoms with Gasteiger partial charge in [0.15, 0.2) is 0 Å². The van der Waals surface area contributed by atoms with E-state index in [0.717, 1.165) is 12.6 Å². The molecule has 0 amide bonds. The Morgan fingerprint density at radius 3 is 2.14 bits per heavy atom. The van der Waals surface area contributed by atoms with Crippen LogP contribution in [-0.2, 0) is 10.1 Å². The van der Waals surface area contributed by atoms with Crippen LogP contribution in [-0.4, -0.2) is 31.0 Å². The van der Waals surface area contributed by atoms with Gasteiger partial charge in [0.05, 0.1) is 10.1 Å². The van der Waals surface area contributed by atoms with Crippen molar-refractivity contribution in [2.45, 2.75) is 45.4 Å². The summed E-state index contributed by atoms with van der Waals surface area (Å²) < 4.78 is 32.6. The maximum absolute atomic E-state index is 10.9. The molecule has 0 aromatic heterocycles. The van der Waals surface area contributed by atoms with Gasteiger partial charge in [0.25, 0.3) is 0 Å². The summed E-state index contributed by atoms with van der Waals surface area (Å²) >= 11 is 0. The van der Waals surface area contributed by atoms with E-state index >= 15 is 0 Å². The molecule has 3 nitrogen and oxygen atoms in total. The molecule has 0 spiro atoms. The van der Waals surface area contributed by atoms with Crippen molar-refractivity contribution in [3.63, 3.8) is 0 Å². The molecule has 120 valence electrons. The van der Waals surface area contributed by atoms with Crippen LogP contribution in [0.5, 0.6) is 0 Å². The summed E-state index contributed by atoms with van der Waals surface area (Å²) in [6, 6.07) is 10.0. The van der Waals surface area contributed by atoms with Gasteiger partial charge in [-0.2, -0.15) is 0 Å². The first kappa shape index (κ1) is 22.6. The quantitative estimate of drug-likeness (QED) is 0.255. The molecule has 0 saturated heterocycles. The molecule has 6 heteroatoms. The van der Waals surface area contributed by atoms with E-state index in [9.17, 15) is 13.0 Å². The van der Waals surface area contributed by atoms with Gasteiger partial charge in [0.1, 0.15) is 0 Å². The van der Waals surface area contributed by atoms with E-state index in [0.29, 0.717) is 6.16 Å². The average Bonchev–Trinajstić information content (AvgIpc) is 2.45. The fraction of sp³-hybridized carbons (Fsp3) is 0.625. The van der Waals surface area contributed by atoms with E-state index in [2.05, 4.69) is 19.1 Å². The molecule has 0 fully saturated rings. The second-order valence-corrected chi connectivity index (χ2v) is 9.37. The van der Waals surface area contributed by atoms with Crippen LogP contribution < -0.4 is 34.9 Å². The fourth-order valence-corrected chi connectivity index (χ4v) is 6.03. The summed E-state index contributed by atoms with van der Waals surface area (Å²) in [5.74, 6) is -0.233. The predicted octanol–water partition coefficient (Wildman–Crippen LogP) is 0.704. The Morgan fingerprint density at radius 1 is 0.955 bits per heavy atom. The molecule has 0 aliphatic carbocycles. The van der Waals surface area contributed by atoms with Crippen LogP contribution in [0.25, 0.3) is 0 Å². The Kier molecular flexibility index (Phi) is 13.2. The van der Waals surface area contributed by atoms with Crippen molar-refractivity contribution in [1.82, 2.24) is 0 Å². The summed E-state index contributed by atoms with van der Waals surface area (Å²) in [6.45, 7) is 2.21. The van der Waals surface area contributed by atoms with Crippen LogP contribution in [0.4, 0.5) is 0 Å². The van der Waals surface area contributed by atoms with Crippen molar-refractivity contribution in [2.24, 2.45) is 0 Å². The molecule has 1 atom stereocenters. The van der Waals surface area contributed by atoms with Crippen molar-refractivity contribution in [1.29, 1.82) is 0 Å². The monoisotopic (exact) mass is 352 g/mol. The molecule has 0 N–H and O–H groups in total. The summed E-state index contributed by atoms with van der Waals surface area (Å²) in [7, 11) is -4.63. The minimum Gasteiger partial charge on any atom is -0.748 e. The van der Waals surface area contributed by atoms with Crippen molar-refractivity contribution < 1.29 is 42.5 Å². The van der Waals surface area contributed by atoms with Gasteiger partial charge in [-0.05, 0) is 24.0 Å². The summed E-state index contributed by atoms with van der Waals surface area (Å²) in [6.07, 6.45) is 8.94. The average molecular weight is 352 g/mol. The third-order valence-electron chi connectivity index (χ3n) is 3.51. The maximum Gasteiger partial charge on any atom is 1.00 e. The Hall–Kier alpha value is 0.560. The van der Waals surface area contributed by atoms with Gasteiger partial charge in [-0.15, -0.1) is 0 Å². The van der Waals surface area contributed by atoms with E-state index in [1.165, 1.54) is 37.4 Å². The van der Waals surface area contributed by atoms with Crippen LogP contribution in [0, 0.1) is 0 Å². The van der Waals surface area contributed by atoms with Crippen LogP contribution in [0.3, 0.4) is 0 Å². The van der Waals surface area contributed by atoms with Gasteiger partial charge in [0, 0.05) is 5.75 Å². The summed E-state index contributed by atoms with van der Waals surface area (Å²) in [5.41, 5.74) is 0. The van der Waals surface area contributed by atoms with Gasteiger partial charge >= 0.3 is 29.6 Å². The number of rotatable bonds is 11. The smallest absolute Gasteiger partial charge is 0.748 e. The molecule has 1 aromatic rings. The summed E-state index contributed by atoms with van der Waals surface area (Å²) in [4.78, 5) is 0. The van der Waals surface area contributed by atoms with Gasteiger partial charge in [-0.1, -0.05) is 77.3 Å². The number of hydrogen-bond acceptors (Lipinski definition) is 3. The molecule has 0 bridgehead atoms. The molecule has 0 aliphatic rings. The van der Waals surface area contributed by atoms with Crippen LogP contribution >= 0.6 is 7.92 Å². The van der Waals surface area contributed by atoms with Crippen molar-refractivity contribution in [3.05, 3.63) is 30.3 Å². The van der Waals surface area contributed by atoms with Crippen molar-refractivity contribution in [3.8, 4) is 0 Å². The molecule has 0 heterocycles. The first-order chi connectivity index (χ1) is 10.0. The predicted molar refractivity (Wildman–Crippen MR) is 90.7 cm³/mol. The van der Waals surface area contributed by atoms with Gasteiger partial charge in [-0.3, -0.25) is 0 Å². The molecule has 0 saturated carbocycles. The topological polar surface area (TPSA) is 57.2 Å². The zero-order chi connectivity index (χ0) is 15.6. The van der Waals surface area contributed by atoms with Crippen molar-refractivity contribution >= 4 is 23.3 Å². The summed E-state index contributed by atoms with van der Waals surface area (Å²) in [5, 5.41) is 1.21. The van der Waals surface area contributed by atoms with E-state index in [4.69, 9.17) is 0 Å². The van der Waals surface area contributed by atoms with E-state index in [1.54, 1.807) is 0 Å². The maximum atomic E-state index is 10.9. The van der Waals surface area contributed by atoms with Crippen LogP contribution in [0.15, 0.2) is 30.3 Å². The standard InChI is InChI=1S/C16H27O3PS.Na/c1-2-3-4-5-6-10-13-20(14-15-21(17,18)19)16-11-8-7-9-12-16;/h7-9,11-12H,2-6,10,13-15H2,1H3,(H,17,18,19);/q;+1/p-1. The molecule has 0 aliphatic heterocycles. The molecule has 22 heavy (non-hydrogen) atoms. The minimum atomic E-state index is -4.10. The minimum absolute atomic E-state index is 0. The zero-order valence-electron chi connectivity index (χ0n) is 13.8. The first-order valence-corrected chi connectivity index (χ1v) is 11.1. The first-order valence-electron chi connectivity index (χ1n) is 7.76. The second-order valence-electron chi connectivity index (χ2n) is 5.35. The fourth-order valence-electron chi connectivity index (χ4n) is 2.31. The number of hydrogen-bond donors (Lipinski definition) is 0. The van der Waals surface area contributed by atoms with Gasteiger partial charge in [-0.25, -0.2) is 8.42 Å². The largest absolute Gasteiger partial charge is 1.00 e. The van der Waals surface area contributed by atoms with E-state index in [-0.39, 0.29) is 35.3 Å². The molecule has 1 rings (SSSR count). The normalized spacial score (nSPS) is 12.6. The third kappa shape index (κ3) is 11.2. The molecular formula is C16H26NaO3PS. The van der Waals surface area contributed by atoms with E-state index < -0.39 is 18.0 Å². The third-order valence-corrected chi connectivity index (χ3v) is 7.17. The van der Waals surface area contributed by atoms with Crippen LogP contribution in [0.2, 0.25) is 0 Å². The second kappa shape index (κ2) is 12.9. The SMILES string of the molecule is CCCCCCCCP(CCS(=O)(=O)[O-])c1ccccc1.[Na+]. The molecule has 0 radical (unpaired) electrons. The van der Waals surface area contributed by atoms with Gasteiger partial charge in [0.2, 0.25) is 0 Å². The van der Waals surface area contributed by atoms with Crippen LogP contribution in [0.1, 0.15) is 45.4 Å². The molecule has 1 aromatic carbocycles. The number of unbranched alkanes of at least 4 members (excludes halogenated alkanes) is 5. The van der Waals surface area contributed by atoms with Gasteiger partial charge < -0.3 is 4.55 Å². The zero-order valence-corrected chi connectivity index (χ0v) is 17.5. The Bertz CT molecular complexity index is 479. The Balaban J connectivity index is 0.00000441. The molecule has 1 unspecified atom stereocenters. The Labute approximate surface area is 159 Å².